The maximum absolute atomic E-state index is 6.46. The molecule has 0 unspecified atom stereocenters. The van der Waals surface area contributed by atoms with E-state index in [1.807, 2.05) is 18.2 Å². The predicted molar refractivity (Wildman–Crippen MR) is 99.3 cm³/mol. The molecule has 0 amide bonds. The minimum Gasteiger partial charge on any atom is -0.495 e. The van der Waals surface area contributed by atoms with Gasteiger partial charge in [0.05, 0.1) is 17.8 Å². The van der Waals surface area contributed by atoms with Gasteiger partial charge in [0, 0.05) is 16.8 Å². The molecule has 0 radical (unpaired) electrons. The third-order valence-electron chi connectivity index (χ3n) is 3.85. The molecule has 1 aromatic heterocycles. The molecule has 0 spiro atoms. The van der Waals surface area contributed by atoms with Crippen molar-refractivity contribution in [1.29, 1.82) is 0 Å². The molecule has 0 atom stereocenters. The normalized spacial score (nSPS) is 13.7. The molecule has 3 nitrogen and oxygen atoms in total. The van der Waals surface area contributed by atoms with Gasteiger partial charge >= 0.3 is 0 Å². The fourth-order valence-corrected chi connectivity index (χ4v) is 4.18. The summed E-state index contributed by atoms with van der Waals surface area (Å²) in [5.74, 6) is 1.59. The second-order valence-corrected chi connectivity index (χ2v) is 6.60. The lowest BCUT2D eigenvalue weighted by Crippen LogP contribution is -2.16. The number of hydrogen-bond acceptors (Lipinski definition) is 4. The van der Waals surface area contributed by atoms with Crippen molar-refractivity contribution in [2.24, 2.45) is 0 Å². The monoisotopic (exact) mass is 370 g/mol. The summed E-state index contributed by atoms with van der Waals surface area (Å²) in [7, 11) is 1.68. The van der Waals surface area contributed by atoms with Crippen LogP contribution in [0.2, 0.25) is 5.02 Å². The maximum Gasteiger partial charge on any atom is 0.141 e. The summed E-state index contributed by atoms with van der Waals surface area (Å²) in [6.07, 6.45) is 3.89. The van der Waals surface area contributed by atoms with Crippen molar-refractivity contribution >= 4 is 35.8 Å². The molecular formula is C17H20Cl2N2OS. The topological polar surface area (TPSA) is 34.1 Å². The minimum absolute atomic E-state index is 0. The number of methoxy groups -OCH3 is 1. The molecule has 2 aromatic rings. The summed E-state index contributed by atoms with van der Waals surface area (Å²) < 4.78 is 5.38. The van der Waals surface area contributed by atoms with E-state index >= 15 is 0 Å². The highest BCUT2D eigenvalue weighted by Crippen LogP contribution is 2.36. The molecule has 3 rings (SSSR count). The van der Waals surface area contributed by atoms with Crippen LogP contribution in [0.4, 0.5) is 0 Å². The molecule has 0 bridgehead atoms. The van der Waals surface area contributed by atoms with Gasteiger partial charge in [-0.3, -0.25) is 4.98 Å². The van der Waals surface area contributed by atoms with Crippen molar-refractivity contribution < 1.29 is 4.74 Å². The predicted octanol–water partition coefficient (Wildman–Crippen LogP) is 4.15. The van der Waals surface area contributed by atoms with Gasteiger partial charge in [0.25, 0.3) is 0 Å². The van der Waals surface area contributed by atoms with Crippen molar-refractivity contribution in [1.82, 2.24) is 10.3 Å². The molecule has 2 heterocycles. The number of rotatable bonds is 4. The fraction of sp³-hybridized carbons (Fsp3) is 0.353. The van der Waals surface area contributed by atoms with E-state index in [0.717, 1.165) is 48.2 Å². The van der Waals surface area contributed by atoms with Gasteiger partial charge in [0.1, 0.15) is 5.75 Å². The van der Waals surface area contributed by atoms with E-state index in [9.17, 15) is 0 Å². The molecule has 0 aliphatic carbocycles. The Hall–Kier alpha value is -0.940. The first-order valence-corrected chi connectivity index (χ1v) is 8.77. The minimum atomic E-state index is 0. The highest BCUT2D eigenvalue weighted by molar-refractivity contribution is 7.98. The number of nitrogens with one attached hydrogen (secondary N) is 1. The number of halogens is 2. The lowest BCUT2D eigenvalue weighted by atomic mass is 10.0. The van der Waals surface area contributed by atoms with Gasteiger partial charge in [-0.15, -0.1) is 24.2 Å². The Labute approximate surface area is 152 Å². The first-order valence-electron chi connectivity index (χ1n) is 7.41. The molecule has 0 saturated carbocycles. The molecule has 1 aromatic carbocycles. The Morgan fingerprint density at radius 3 is 2.91 bits per heavy atom. The van der Waals surface area contributed by atoms with Crippen LogP contribution >= 0.6 is 35.8 Å². The van der Waals surface area contributed by atoms with Crippen molar-refractivity contribution in [2.45, 2.75) is 23.5 Å². The lowest BCUT2D eigenvalue weighted by Gasteiger charge is -2.14. The van der Waals surface area contributed by atoms with Crippen LogP contribution in [0.3, 0.4) is 0 Å². The number of hydrogen-bond donors (Lipinski definition) is 1. The summed E-state index contributed by atoms with van der Waals surface area (Å²) in [5, 5.41) is 4.28. The molecule has 1 aliphatic rings. The van der Waals surface area contributed by atoms with E-state index in [2.05, 4.69) is 16.4 Å². The van der Waals surface area contributed by atoms with Gasteiger partial charge < -0.3 is 10.1 Å². The second-order valence-electron chi connectivity index (χ2n) is 5.21. The largest absolute Gasteiger partial charge is 0.495 e. The van der Waals surface area contributed by atoms with E-state index in [1.165, 1.54) is 16.0 Å². The Morgan fingerprint density at radius 1 is 1.26 bits per heavy atom. The SMILES string of the molecule is COc1cccnc1CSc1c(Cl)ccc2c1CCNCC2.Cl. The van der Waals surface area contributed by atoms with Gasteiger partial charge in [0.2, 0.25) is 0 Å². The number of ether oxygens (including phenoxy) is 1. The molecule has 0 fully saturated rings. The first-order chi connectivity index (χ1) is 10.8. The van der Waals surface area contributed by atoms with Gasteiger partial charge in [-0.2, -0.15) is 0 Å². The van der Waals surface area contributed by atoms with E-state index in [0.29, 0.717) is 0 Å². The van der Waals surface area contributed by atoms with Crippen molar-refractivity contribution in [3.8, 4) is 5.75 Å². The van der Waals surface area contributed by atoms with Crippen molar-refractivity contribution in [3.63, 3.8) is 0 Å². The molecule has 0 saturated heterocycles. The molecule has 6 heteroatoms. The zero-order valence-corrected chi connectivity index (χ0v) is 15.4. The number of thioether (sulfide) groups is 1. The van der Waals surface area contributed by atoms with Crippen LogP contribution in [-0.2, 0) is 18.6 Å². The van der Waals surface area contributed by atoms with Gasteiger partial charge in [-0.1, -0.05) is 17.7 Å². The van der Waals surface area contributed by atoms with Crippen LogP contribution < -0.4 is 10.1 Å². The van der Waals surface area contributed by atoms with Crippen LogP contribution in [0.15, 0.2) is 35.4 Å². The van der Waals surface area contributed by atoms with E-state index in [1.54, 1.807) is 25.1 Å². The first kappa shape index (κ1) is 18.4. The summed E-state index contributed by atoms with van der Waals surface area (Å²) in [6.45, 7) is 2.04. The lowest BCUT2D eigenvalue weighted by molar-refractivity contribution is 0.409. The van der Waals surface area contributed by atoms with Crippen LogP contribution in [0.5, 0.6) is 5.75 Å². The molecule has 23 heavy (non-hydrogen) atoms. The zero-order chi connectivity index (χ0) is 15.4. The Kier molecular flexibility index (Phi) is 7.03. The third kappa shape index (κ3) is 4.32. The molecule has 124 valence electrons. The Morgan fingerprint density at radius 2 is 2.09 bits per heavy atom. The van der Waals surface area contributed by atoms with Gasteiger partial charge in [0.15, 0.2) is 0 Å². The van der Waals surface area contributed by atoms with Crippen LogP contribution in [0.1, 0.15) is 16.8 Å². The smallest absolute Gasteiger partial charge is 0.141 e. The van der Waals surface area contributed by atoms with Crippen molar-refractivity contribution in [2.75, 3.05) is 20.2 Å². The third-order valence-corrected chi connectivity index (χ3v) is 5.45. The van der Waals surface area contributed by atoms with Crippen molar-refractivity contribution in [3.05, 3.63) is 52.3 Å². The standard InChI is InChI=1S/C17H19ClN2OS.ClH/c1-21-16-3-2-8-20-15(16)11-22-17-13-7-10-19-9-6-12(13)4-5-14(17)18;/h2-5,8,19H,6-7,9-11H2,1H3;1H. The highest BCUT2D eigenvalue weighted by atomic mass is 35.5. The summed E-state index contributed by atoms with van der Waals surface area (Å²) in [4.78, 5) is 5.61. The average molecular weight is 371 g/mol. The molecule has 1 N–H and O–H groups in total. The number of fused-ring (bicyclic) bond motifs is 1. The second kappa shape index (κ2) is 8.78. The van der Waals surface area contributed by atoms with Gasteiger partial charge in [-0.05, 0) is 55.3 Å². The Balaban J connectivity index is 0.00000192. The van der Waals surface area contributed by atoms with Gasteiger partial charge in [-0.25, -0.2) is 0 Å². The zero-order valence-electron chi connectivity index (χ0n) is 13.0. The van der Waals surface area contributed by atoms with E-state index in [-0.39, 0.29) is 12.4 Å². The average Bonchev–Trinajstić information content (AvgIpc) is 2.79. The maximum atomic E-state index is 6.46. The summed E-state index contributed by atoms with van der Waals surface area (Å²) in [5.41, 5.74) is 3.75. The van der Waals surface area contributed by atoms with Crippen LogP contribution in [0, 0.1) is 0 Å². The van der Waals surface area contributed by atoms with E-state index < -0.39 is 0 Å². The highest BCUT2D eigenvalue weighted by Gasteiger charge is 2.16. The summed E-state index contributed by atoms with van der Waals surface area (Å²) >= 11 is 8.21. The molecular weight excluding hydrogens is 351 g/mol. The number of benzene rings is 1. The van der Waals surface area contributed by atoms with E-state index in [4.69, 9.17) is 16.3 Å². The number of pyridine rings is 1. The molecule has 1 aliphatic heterocycles. The number of aromatic nitrogens is 1. The van der Waals surface area contributed by atoms with Crippen LogP contribution in [0.25, 0.3) is 0 Å². The fourth-order valence-electron chi connectivity index (χ4n) is 2.72. The quantitative estimate of drug-likeness (QED) is 0.819. The van der Waals surface area contributed by atoms with Crippen LogP contribution in [-0.4, -0.2) is 25.2 Å². The Bertz CT molecular complexity index is 667. The number of nitrogens with zero attached hydrogens (tertiary/aromatic N) is 1. The summed E-state index contributed by atoms with van der Waals surface area (Å²) in [6, 6.07) is 8.01.